The zero-order chi connectivity index (χ0) is 21.8. The number of halogens is 4. The molecule has 0 radical (unpaired) electrons. The van der Waals surface area contributed by atoms with Crippen molar-refractivity contribution < 1.29 is 13.2 Å². The maximum Gasteiger partial charge on any atom is 0.254 e. The number of carbonyl (C=O) groups excluding carboxylic acids is 1. The van der Waals surface area contributed by atoms with E-state index in [4.69, 9.17) is 63.8 Å². The Labute approximate surface area is 192 Å². The highest BCUT2D eigenvalue weighted by atomic mass is 35.6. The predicted molar refractivity (Wildman–Crippen MR) is 120 cm³/mol. The molecule has 0 aliphatic heterocycles. The highest BCUT2D eigenvalue weighted by Gasteiger charge is 2.35. The van der Waals surface area contributed by atoms with Crippen molar-refractivity contribution in [1.29, 1.82) is 0 Å². The van der Waals surface area contributed by atoms with Crippen LogP contribution in [-0.2, 0) is 10.0 Å². The van der Waals surface area contributed by atoms with Crippen LogP contribution in [0.4, 0.5) is 5.69 Å². The lowest BCUT2D eigenvalue weighted by Crippen LogP contribution is -2.56. The standard InChI is InChI=1S/C16H14Cl4N4O3S2/c17-12-4-2-1-3-11(12)13(25)23-14(16(18,19)20)24-15(28)22-9-5-7-10(8-6-9)29(21,26)27/h1-8,14H,(H,23,25)(H2,21,26,27)(H2,22,24,28). The number of benzene rings is 2. The number of alkyl halides is 3. The minimum absolute atomic E-state index is 0.00383. The average molecular weight is 516 g/mol. The fraction of sp³-hybridized carbons (Fsp3) is 0.125. The van der Waals surface area contributed by atoms with E-state index in [9.17, 15) is 13.2 Å². The second-order valence-corrected chi connectivity index (χ2v) is 10.3. The van der Waals surface area contributed by atoms with Crippen LogP contribution in [0.1, 0.15) is 10.4 Å². The number of rotatable bonds is 5. The van der Waals surface area contributed by atoms with Gasteiger partial charge < -0.3 is 16.0 Å². The van der Waals surface area contributed by atoms with Gasteiger partial charge in [-0.1, -0.05) is 58.5 Å². The summed E-state index contributed by atoms with van der Waals surface area (Å²) in [5.74, 6) is -0.584. The first-order valence-electron chi connectivity index (χ1n) is 7.70. The number of amides is 1. The fourth-order valence-electron chi connectivity index (χ4n) is 2.08. The van der Waals surface area contributed by atoms with E-state index >= 15 is 0 Å². The first-order valence-corrected chi connectivity index (χ1v) is 11.2. The molecule has 2 rings (SSSR count). The highest BCUT2D eigenvalue weighted by molar-refractivity contribution is 7.89. The second kappa shape index (κ2) is 9.65. The number of carbonyl (C=O) groups is 1. The normalized spacial score (nSPS) is 12.7. The minimum Gasteiger partial charge on any atom is -0.339 e. The molecule has 1 atom stereocenters. The van der Waals surface area contributed by atoms with Crippen LogP contribution in [0.3, 0.4) is 0 Å². The van der Waals surface area contributed by atoms with Gasteiger partial charge in [-0.15, -0.1) is 0 Å². The molecular formula is C16H14Cl4N4O3S2. The van der Waals surface area contributed by atoms with Gasteiger partial charge in [0.15, 0.2) is 5.11 Å². The number of thiocarbonyl (C=S) groups is 1. The zero-order valence-electron chi connectivity index (χ0n) is 14.3. The van der Waals surface area contributed by atoms with E-state index in [-0.39, 0.29) is 20.6 Å². The van der Waals surface area contributed by atoms with E-state index < -0.39 is 25.9 Å². The Balaban J connectivity index is 2.09. The van der Waals surface area contributed by atoms with E-state index in [1.165, 1.54) is 30.3 Å². The SMILES string of the molecule is NS(=O)(=O)c1ccc(NC(=S)NC(NC(=O)c2ccccc2Cl)C(Cl)(Cl)Cl)cc1. The van der Waals surface area contributed by atoms with Crippen molar-refractivity contribution in [3.05, 3.63) is 59.1 Å². The van der Waals surface area contributed by atoms with Crippen LogP contribution < -0.4 is 21.1 Å². The Kier molecular flexibility index (Phi) is 7.97. The van der Waals surface area contributed by atoms with Gasteiger partial charge in [0.25, 0.3) is 5.91 Å². The fourth-order valence-corrected chi connectivity index (χ4v) is 3.38. The van der Waals surface area contributed by atoms with Crippen LogP contribution in [0.25, 0.3) is 0 Å². The molecule has 0 saturated heterocycles. The van der Waals surface area contributed by atoms with Gasteiger partial charge in [-0.05, 0) is 48.6 Å². The number of nitrogens with two attached hydrogens (primary N) is 1. The van der Waals surface area contributed by atoms with Crippen molar-refractivity contribution in [2.45, 2.75) is 14.9 Å². The molecule has 29 heavy (non-hydrogen) atoms. The van der Waals surface area contributed by atoms with E-state index in [0.717, 1.165) is 0 Å². The molecule has 1 amide bonds. The summed E-state index contributed by atoms with van der Waals surface area (Å²) in [6, 6.07) is 11.8. The van der Waals surface area contributed by atoms with E-state index in [2.05, 4.69) is 16.0 Å². The van der Waals surface area contributed by atoms with E-state index in [1.807, 2.05) is 0 Å². The molecule has 0 aliphatic carbocycles. The molecule has 2 aromatic rings. The Morgan fingerprint density at radius 1 is 1.03 bits per heavy atom. The summed E-state index contributed by atoms with van der Waals surface area (Å²) >= 11 is 29.0. The molecule has 7 nitrogen and oxygen atoms in total. The van der Waals surface area contributed by atoms with Crippen LogP contribution in [0.5, 0.6) is 0 Å². The van der Waals surface area contributed by atoms with Crippen LogP contribution in [0.15, 0.2) is 53.4 Å². The van der Waals surface area contributed by atoms with Crippen LogP contribution in [0, 0.1) is 0 Å². The minimum atomic E-state index is -3.82. The van der Waals surface area contributed by atoms with Gasteiger partial charge in [0.2, 0.25) is 13.8 Å². The van der Waals surface area contributed by atoms with Gasteiger partial charge in [0.05, 0.1) is 15.5 Å². The third-order valence-corrected chi connectivity index (χ3v) is 5.57. The molecule has 0 aliphatic rings. The molecule has 0 fully saturated rings. The summed E-state index contributed by atoms with van der Waals surface area (Å²) in [5, 5.41) is 13.2. The summed E-state index contributed by atoms with van der Waals surface area (Å²) in [6.45, 7) is 0. The number of hydrogen-bond donors (Lipinski definition) is 4. The molecule has 0 bridgehead atoms. The second-order valence-electron chi connectivity index (χ2n) is 5.60. The summed E-state index contributed by atoms with van der Waals surface area (Å²) in [7, 11) is -3.82. The lowest BCUT2D eigenvalue weighted by molar-refractivity contribution is 0.0934. The Morgan fingerprint density at radius 2 is 1.62 bits per heavy atom. The van der Waals surface area contributed by atoms with Crippen molar-refractivity contribution in [3.8, 4) is 0 Å². The molecule has 2 aromatic carbocycles. The lowest BCUT2D eigenvalue weighted by atomic mass is 10.2. The van der Waals surface area contributed by atoms with Gasteiger partial charge in [0.1, 0.15) is 6.17 Å². The van der Waals surface area contributed by atoms with Crippen molar-refractivity contribution in [3.63, 3.8) is 0 Å². The molecule has 0 aromatic heterocycles. The van der Waals surface area contributed by atoms with Crippen LogP contribution in [0.2, 0.25) is 5.02 Å². The van der Waals surface area contributed by atoms with Gasteiger partial charge in [-0.2, -0.15) is 0 Å². The summed E-state index contributed by atoms with van der Waals surface area (Å²) in [4.78, 5) is 12.4. The average Bonchev–Trinajstić information content (AvgIpc) is 2.60. The Bertz CT molecular complexity index is 1010. The first kappa shape index (κ1) is 23.9. The number of anilines is 1. The number of primary sulfonamides is 1. The molecule has 13 heteroatoms. The number of hydrogen-bond acceptors (Lipinski definition) is 4. The molecule has 5 N–H and O–H groups in total. The van der Waals surface area contributed by atoms with Crippen LogP contribution in [-0.4, -0.2) is 29.4 Å². The smallest absolute Gasteiger partial charge is 0.254 e. The predicted octanol–water partition coefficient (Wildman–Crippen LogP) is 3.40. The number of sulfonamides is 1. The molecular weight excluding hydrogens is 502 g/mol. The molecule has 0 heterocycles. The quantitative estimate of drug-likeness (QED) is 0.276. The van der Waals surface area contributed by atoms with Crippen molar-refractivity contribution in [1.82, 2.24) is 10.6 Å². The van der Waals surface area contributed by atoms with E-state index in [1.54, 1.807) is 18.2 Å². The molecule has 156 valence electrons. The Morgan fingerprint density at radius 3 is 2.14 bits per heavy atom. The van der Waals surface area contributed by atoms with Gasteiger partial charge in [0, 0.05) is 5.69 Å². The topological polar surface area (TPSA) is 113 Å². The Hall–Kier alpha value is -1.33. The third kappa shape index (κ3) is 7.14. The molecule has 1 unspecified atom stereocenters. The van der Waals surface area contributed by atoms with Gasteiger partial charge >= 0.3 is 0 Å². The maximum atomic E-state index is 12.4. The number of nitrogens with one attached hydrogen (secondary N) is 3. The van der Waals surface area contributed by atoms with Gasteiger partial charge in [-0.3, -0.25) is 4.79 Å². The summed E-state index contributed by atoms with van der Waals surface area (Å²) < 4.78 is 20.6. The lowest BCUT2D eigenvalue weighted by Gasteiger charge is -2.28. The van der Waals surface area contributed by atoms with Crippen molar-refractivity contribution in [2.75, 3.05) is 5.32 Å². The summed E-state index contributed by atoms with van der Waals surface area (Å²) in [5.41, 5.74) is 0.628. The van der Waals surface area contributed by atoms with Crippen LogP contribution >= 0.6 is 58.6 Å². The monoisotopic (exact) mass is 514 g/mol. The maximum absolute atomic E-state index is 12.4. The van der Waals surface area contributed by atoms with Crippen molar-refractivity contribution in [2.24, 2.45) is 5.14 Å². The zero-order valence-corrected chi connectivity index (χ0v) is 19.0. The largest absolute Gasteiger partial charge is 0.339 e. The molecule has 0 saturated carbocycles. The third-order valence-electron chi connectivity index (χ3n) is 3.44. The molecule has 0 spiro atoms. The van der Waals surface area contributed by atoms with Gasteiger partial charge in [-0.25, -0.2) is 13.6 Å². The highest BCUT2D eigenvalue weighted by Crippen LogP contribution is 2.29. The van der Waals surface area contributed by atoms with Crippen molar-refractivity contribution >= 4 is 85.4 Å². The summed E-state index contributed by atoms with van der Waals surface area (Å²) in [6.07, 6.45) is -1.21. The first-order chi connectivity index (χ1) is 13.4. The van der Waals surface area contributed by atoms with E-state index in [0.29, 0.717) is 5.69 Å².